The third kappa shape index (κ3) is 8.21. The zero-order chi connectivity index (χ0) is 52.0. The molecule has 0 aliphatic carbocycles. The SMILES string of the molecule is [2H]c1nc(-c2[c-]c(-c3cccc4c3nc(-c3cc(C(C)C)cc(C(C)C)c3O)n4-c3ccc(-c4ccccc4)c(C([2H])([2H])[2H])c3)cc(C(C)(C)C)c2)c([2H])c(-c2c([2H])c([2H])c(C([2H])([2H])[2H])c([2H])c2[2H])c1[2H].[Pt]. The van der Waals surface area contributed by atoms with Crippen molar-refractivity contribution in [3.05, 3.63) is 167 Å². The summed E-state index contributed by atoms with van der Waals surface area (Å²) in [6.45, 7) is 8.58. The summed E-state index contributed by atoms with van der Waals surface area (Å²) in [5.41, 5.74) is 4.61. The van der Waals surface area contributed by atoms with Gasteiger partial charge >= 0.3 is 0 Å². The van der Waals surface area contributed by atoms with Crippen molar-refractivity contribution in [3.8, 4) is 67.5 Å². The number of nitrogens with zero attached hydrogens (tertiary/aromatic N) is 3. The van der Waals surface area contributed by atoms with Crippen LogP contribution in [0.1, 0.15) is 106 Å². The Hall–Kier alpha value is -5.57. The Kier molecular flexibility index (Phi) is 7.87. The summed E-state index contributed by atoms with van der Waals surface area (Å²) in [6, 6.07) is 26.8. The van der Waals surface area contributed by atoms with E-state index in [1.165, 1.54) is 0 Å². The molecule has 0 aliphatic heterocycles. The van der Waals surface area contributed by atoms with Crippen molar-refractivity contribution < 1.29 is 44.0 Å². The average Bonchev–Trinajstić information content (AvgIpc) is 3.69. The number of hydrogen-bond acceptors (Lipinski definition) is 3. The van der Waals surface area contributed by atoms with E-state index in [9.17, 15) is 6.48 Å². The molecule has 4 nitrogen and oxygen atoms in total. The molecule has 0 radical (unpaired) electrons. The molecule has 8 aromatic rings. The molecule has 0 atom stereocenters. The first-order valence-electron chi connectivity index (χ1n) is 25.9. The predicted molar refractivity (Wildman–Crippen MR) is 243 cm³/mol. The third-order valence-corrected chi connectivity index (χ3v) is 10.5. The number of benzene rings is 6. The van der Waals surface area contributed by atoms with E-state index < -0.39 is 78.2 Å². The molecule has 5 heteroatoms. The van der Waals surface area contributed by atoms with Crippen LogP contribution < -0.4 is 0 Å². The van der Waals surface area contributed by atoms with Crippen LogP contribution in [0.25, 0.3) is 72.7 Å². The van der Waals surface area contributed by atoms with Crippen LogP contribution in [0, 0.1) is 19.8 Å². The number of imidazole rings is 1. The van der Waals surface area contributed by atoms with Crippen LogP contribution in [0.15, 0.2) is 133 Å². The van der Waals surface area contributed by atoms with Gasteiger partial charge in [0.1, 0.15) is 11.6 Å². The first-order valence-corrected chi connectivity index (χ1v) is 19.4. The van der Waals surface area contributed by atoms with Gasteiger partial charge in [-0.05, 0) is 100 Å². The molecular formula is C54H52N3OPt-. The minimum Gasteiger partial charge on any atom is -0.507 e. The molecule has 0 saturated carbocycles. The molecule has 0 spiro atoms. The summed E-state index contributed by atoms with van der Waals surface area (Å²) in [6.07, 6.45) is -0.622. The van der Waals surface area contributed by atoms with Crippen molar-refractivity contribution in [1.29, 1.82) is 0 Å². The van der Waals surface area contributed by atoms with E-state index >= 15 is 0 Å². The number of phenolic OH excluding ortho intramolecular Hbond substituents is 1. The smallest absolute Gasteiger partial charge is 0.148 e. The van der Waals surface area contributed by atoms with Crippen LogP contribution in [-0.4, -0.2) is 19.6 Å². The Morgan fingerprint density at radius 2 is 1.49 bits per heavy atom. The van der Waals surface area contributed by atoms with Gasteiger partial charge in [-0.2, -0.15) is 0 Å². The second-order valence-corrected chi connectivity index (χ2v) is 16.2. The quantitative estimate of drug-likeness (QED) is 0.154. The van der Waals surface area contributed by atoms with E-state index in [1.807, 2.05) is 112 Å². The van der Waals surface area contributed by atoms with Gasteiger partial charge in [0.2, 0.25) is 0 Å². The molecular weight excluding hydrogens is 902 g/mol. The van der Waals surface area contributed by atoms with Gasteiger partial charge in [0.15, 0.2) is 0 Å². The molecule has 0 aliphatic rings. The maximum absolute atomic E-state index is 12.2. The summed E-state index contributed by atoms with van der Waals surface area (Å²) in [5, 5.41) is 12.2. The molecule has 0 amide bonds. The number of pyridine rings is 1. The van der Waals surface area contributed by atoms with Gasteiger partial charge in [-0.25, -0.2) is 4.98 Å². The standard InChI is InChI=1S/C54H52N3O.Pt/c1-33(2)40-30-47(34(3)4)52(58)48(31-40)53-56-51-46(16-13-17-50(51)57(53)44-22-23-45(36(6)26-44)38-14-11-10-12-15-38)41-27-42(29-43(28-41)54(7,8)9)49-32-39(24-25-55-49)37-20-18-35(5)19-21-37;/h10-26,28-34,58H,1-9H3;/q-1;/i5D3,6D3,18D,19D,20D,21D,24D,25D,32D;. The van der Waals surface area contributed by atoms with Crippen molar-refractivity contribution in [2.45, 2.75) is 79.4 Å². The van der Waals surface area contributed by atoms with Crippen LogP contribution in [0.3, 0.4) is 0 Å². The van der Waals surface area contributed by atoms with E-state index in [0.29, 0.717) is 44.8 Å². The Morgan fingerprint density at radius 1 is 0.729 bits per heavy atom. The number of hydrogen-bond donors (Lipinski definition) is 1. The topological polar surface area (TPSA) is 50.9 Å². The van der Waals surface area contributed by atoms with Crippen molar-refractivity contribution in [1.82, 2.24) is 14.5 Å². The van der Waals surface area contributed by atoms with Gasteiger partial charge in [-0.1, -0.05) is 150 Å². The molecule has 2 aromatic heterocycles. The van der Waals surface area contributed by atoms with Crippen LogP contribution in [0.2, 0.25) is 0 Å². The molecule has 6 aromatic carbocycles. The van der Waals surface area contributed by atoms with Gasteiger partial charge < -0.3 is 5.11 Å². The van der Waals surface area contributed by atoms with Crippen LogP contribution in [0.5, 0.6) is 5.75 Å². The molecule has 8 rings (SSSR count). The van der Waals surface area contributed by atoms with E-state index in [0.717, 1.165) is 22.3 Å². The number of para-hydroxylation sites is 1. The van der Waals surface area contributed by atoms with Crippen molar-refractivity contribution in [3.63, 3.8) is 0 Å². The minimum atomic E-state index is -2.99. The Bertz CT molecular complexity index is 3400. The number of aryl methyl sites for hydroxylation is 1. The summed E-state index contributed by atoms with van der Waals surface area (Å²) in [5.74, 6) is 0.385. The molecule has 0 saturated heterocycles. The minimum absolute atomic E-state index is 0. The van der Waals surface area contributed by atoms with Crippen LogP contribution >= 0.6 is 0 Å². The zero-order valence-corrected chi connectivity index (χ0v) is 36.2. The normalized spacial score (nSPS) is 15.3. The number of phenols is 1. The fourth-order valence-electron chi connectivity index (χ4n) is 7.21. The number of rotatable bonds is 8. The monoisotopic (exact) mass is 966 g/mol. The summed E-state index contributed by atoms with van der Waals surface area (Å²) in [7, 11) is 0. The van der Waals surface area contributed by atoms with Crippen molar-refractivity contribution in [2.24, 2.45) is 0 Å². The van der Waals surface area contributed by atoms with E-state index in [4.69, 9.17) is 21.4 Å². The average molecular weight is 967 g/mol. The zero-order valence-electron chi connectivity index (χ0n) is 46.9. The molecule has 0 bridgehead atoms. The van der Waals surface area contributed by atoms with Gasteiger partial charge in [0, 0.05) is 46.8 Å². The first-order chi connectivity index (χ1) is 33.1. The van der Waals surface area contributed by atoms with E-state index in [1.54, 1.807) is 18.2 Å². The molecule has 1 N–H and O–H groups in total. The summed E-state index contributed by atoms with van der Waals surface area (Å²) >= 11 is 0. The first kappa shape index (κ1) is 28.0. The van der Waals surface area contributed by atoms with Gasteiger partial charge in [0.25, 0.3) is 0 Å². The second-order valence-electron chi connectivity index (χ2n) is 16.2. The van der Waals surface area contributed by atoms with Gasteiger partial charge in [0.05, 0.1) is 26.2 Å². The predicted octanol–water partition coefficient (Wildman–Crippen LogP) is 14.4. The summed E-state index contributed by atoms with van der Waals surface area (Å²) in [4.78, 5) is 9.72. The van der Waals surface area contributed by atoms with Gasteiger partial charge in [-0.15, -0.1) is 29.3 Å². The Labute approximate surface area is 382 Å². The fourth-order valence-corrected chi connectivity index (χ4v) is 7.21. The van der Waals surface area contributed by atoms with E-state index in [2.05, 4.69) is 24.9 Å². The largest absolute Gasteiger partial charge is 0.507 e. The molecule has 0 fully saturated rings. The maximum atomic E-state index is 12.2. The number of aromatic nitrogens is 3. The summed E-state index contributed by atoms with van der Waals surface area (Å²) < 4.78 is 114. The van der Waals surface area contributed by atoms with Crippen LogP contribution in [0.4, 0.5) is 0 Å². The molecule has 2 heterocycles. The van der Waals surface area contributed by atoms with Crippen LogP contribution in [-0.2, 0) is 26.5 Å². The van der Waals surface area contributed by atoms with E-state index in [-0.39, 0.29) is 55.5 Å². The van der Waals surface area contributed by atoms with Gasteiger partial charge in [-0.3, -0.25) is 9.55 Å². The fraction of sp³-hybridized carbons (Fsp3) is 0.222. The number of fused-ring (bicyclic) bond motifs is 1. The molecule has 59 heavy (non-hydrogen) atoms. The Balaban J connectivity index is 0.00000760. The van der Waals surface area contributed by atoms with Crippen molar-refractivity contribution in [2.75, 3.05) is 0 Å². The number of aromatic hydroxyl groups is 1. The van der Waals surface area contributed by atoms with Crippen molar-refractivity contribution >= 4 is 11.0 Å². The molecule has 300 valence electrons. The molecule has 0 unspecified atom stereocenters. The third-order valence-electron chi connectivity index (χ3n) is 10.5. The Morgan fingerprint density at radius 3 is 2.19 bits per heavy atom. The second kappa shape index (κ2) is 16.6. The maximum Gasteiger partial charge on any atom is 0.148 e.